The normalized spacial score (nSPS) is 30.2. The standard InChI is InChI=1S/C14H12N2O6.C14H14N2O4/c1-15-11(17)9-10(12(15)18)14(9,13(19)22-2)7-4-3-5-8(6-7)16(20)21;1-16-11(17)9-10(12(16)18)14(9,13(19)20-2)7-4-3-5-8(15)6-7/h3-6,9-10H,1-2H3;3-6,9-10H,15H2,1-2H3. The van der Waals surface area contributed by atoms with E-state index in [1.807, 2.05) is 0 Å². The molecule has 2 aliphatic carbocycles. The number of non-ortho nitro benzene ring substituents is 1. The number of amides is 4. The Morgan fingerprint density at radius 3 is 1.50 bits per heavy atom. The van der Waals surface area contributed by atoms with Crippen molar-refractivity contribution in [2.24, 2.45) is 23.7 Å². The Balaban J connectivity index is 0.000000169. The van der Waals surface area contributed by atoms with Gasteiger partial charge in [-0.15, -0.1) is 0 Å². The minimum absolute atomic E-state index is 0.209. The summed E-state index contributed by atoms with van der Waals surface area (Å²) in [5.74, 6) is -5.94. The van der Waals surface area contributed by atoms with Crippen LogP contribution in [0, 0.1) is 33.8 Å². The van der Waals surface area contributed by atoms with E-state index in [2.05, 4.69) is 0 Å². The van der Waals surface area contributed by atoms with Gasteiger partial charge < -0.3 is 15.2 Å². The molecule has 4 unspecified atom stereocenters. The maximum atomic E-state index is 12.3. The molecule has 42 heavy (non-hydrogen) atoms. The summed E-state index contributed by atoms with van der Waals surface area (Å²) >= 11 is 0. The van der Waals surface area contributed by atoms with E-state index in [1.165, 1.54) is 45.5 Å². The number of esters is 2. The first-order chi connectivity index (χ1) is 19.8. The van der Waals surface area contributed by atoms with Gasteiger partial charge in [-0.05, 0) is 23.3 Å². The summed E-state index contributed by atoms with van der Waals surface area (Å²) in [6, 6.07) is 12.1. The Morgan fingerprint density at radius 2 is 1.14 bits per heavy atom. The van der Waals surface area contributed by atoms with Crippen LogP contribution < -0.4 is 5.73 Å². The maximum absolute atomic E-state index is 12.3. The maximum Gasteiger partial charge on any atom is 0.317 e. The summed E-state index contributed by atoms with van der Waals surface area (Å²) in [5.41, 5.74) is 4.19. The summed E-state index contributed by atoms with van der Waals surface area (Å²) in [5, 5.41) is 10.9. The lowest BCUT2D eigenvalue weighted by Gasteiger charge is -2.21. The lowest BCUT2D eigenvalue weighted by molar-refractivity contribution is -0.384. The number of nitrogens with two attached hydrogens (primary N) is 1. The summed E-state index contributed by atoms with van der Waals surface area (Å²) in [7, 11) is 5.20. The molecule has 14 heteroatoms. The third kappa shape index (κ3) is 3.50. The molecule has 2 saturated heterocycles. The summed E-state index contributed by atoms with van der Waals surface area (Å²) < 4.78 is 9.61. The number of benzene rings is 2. The first kappa shape index (κ1) is 28.4. The molecule has 2 heterocycles. The van der Waals surface area contributed by atoms with Gasteiger partial charge in [0.25, 0.3) is 5.69 Å². The zero-order valence-electron chi connectivity index (χ0n) is 22.9. The third-order valence-electron chi connectivity index (χ3n) is 8.74. The van der Waals surface area contributed by atoms with Crippen LogP contribution in [-0.2, 0) is 49.1 Å². The van der Waals surface area contributed by atoms with Gasteiger partial charge >= 0.3 is 11.9 Å². The molecule has 218 valence electrons. The van der Waals surface area contributed by atoms with Crippen LogP contribution in [0.3, 0.4) is 0 Å². The number of piperidine rings is 2. The zero-order chi connectivity index (χ0) is 30.9. The highest BCUT2D eigenvalue weighted by molar-refractivity contribution is 6.18. The van der Waals surface area contributed by atoms with Gasteiger partial charge in [0.15, 0.2) is 0 Å². The third-order valence-corrected chi connectivity index (χ3v) is 8.74. The van der Waals surface area contributed by atoms with Gasteiger partial charge in [0.1, 0.15) is 10.8 Å². The SMILES string of the molecule is COC(=O)C1(c2cccc(N)c2)C2C(=O)N(C)C(=O)C21.COC(=O)C1(c2cccc([N+](=O)[O-])c2)C2C(=O)N(C)C(=O)C21. The Bertz CT molecular complexity index is 1560. The monoisotopic (exact) mass is 578 g/mol. The predicted molar refractivity (Wildman–Crippen MR) is 141 cm³/mol. The molecule has 2 aromatic carbocycles. The summed E-state index contributed by atoms with van der Waals surface area (Å²) in [6.45, 7) is 0. The number of carbonyl (C=O) groups excluding carboxylic acids is 6. The highest BCUT2D eigenvalue weighted by atomic mass is 16.6. The molecule has 14 nitrogen and oxygen atoms in total. The van der Waals surface area contributed by atoms with Gasteiger partial charge in [-0.1, -0.05) is 24.3 Å². The molecule has 6 rings (SSSR count). The molecule has 0 bridgehead atoms. The molecule has 4 amide bonds. The second-order valence-electron chi connectivity index (χ2n) is 10.5. The number of nitrogen functional groups attached to an aromatic ring is 1. The van der Waals surface area contributed by atoms with Crippen LogP contribution >= 0.6 is 0 Å². The second kappa shape index (κ2) is 9.46. The van der Waals surface area contributed by atoms with E-state index < -0.39 is 63.2 Å². The molecule has 4 aliphatic rings. The number of nitro groups is 1. The van der Waals surface area contributed by atoms with Crippen molar-refractivity contribution in [3.8, 4) is 0 Å². The average molecular weight is 579 g/mol. The number of imide groups is 2. The fraction of sp³-hybridized carbons (Fsp3) is 0.357. The fourth-order valence-electron chi connectivity index (χ4n) is 6.65. The minimum atomic E-state index is -1.44. The van der Waals surface area contributed by atoms with Gasteiger partial charge in [0, 0.05) is 31.9 Å². The number of ether oxygens (including phenoxy) is 2. The van der Waals surface area contributed by atoms with Crippen molar-refractivity contribution in [2.75, 3.05) is 34.0 Å². The van der Waals surface area contributed by atoms with E-state index >= 15 is 0 Å². The van der Waals surface area contributed by atoms with Crippen molar-refractivity contribution < 1.29 is 43.2 Å². The molecule has 2 aliphatic heterocycles. The number of methoxy groups -OCH3 is 2. The van der Waals surface area contributed by atoms with Crippen molar-refractivity contribution in [1.29, 1.82) is 0 Å². The Hall–Kier alpha value is -5.14. The molecule has 0 radical (unpaired) electrons. The molecule has 4 atom stereocenters. The van der Waals surface area contributed by atoms with Crippen molar-refractivity contribution in [2.45, 2.75) is 10.8 Å². The highest BCUT2D eigenvalue weighted by Gasteiger charge is 2.83. The van der Waals surface area contributed by atoms with Crippen molar-refractivity contribution >= 4 is 46.9 Å². The highest BCUT2D eigenvalue weighted by Crippen LogP contribution is 2.66. The predicted octanol–water partition coefficient (Wildman–Crippen LogP) is 0.174. The van der Waals surface area contributed by atoms with Crippen LogP contribution in [0.1, 0.15) is 11.1 Å². The van der Waals surface area contributed by atoms with Crippen LogP contribution in [0.5, 0.6) is 0 Å². The fourth-order valence-corrected chi connectivity index (χ4v) is 6.65. The van der Waals surface area contributed by atoms with E-state index in [4.69, 9.17) is 15.2 Å². The van der Waals surface area contributed by atoms with Crippen molar-refractivity contribution in [3.05, 3.63) is 69.8 Å². The molecular weight excluding hydrogens is 552 g/mol. The van der Waals surface area contributed by atoms with Crippen LogP contribution in [0.2, 0.25) is 0 Å². The number of fused-ring (bicyclic) bond motifs is 2. The van der Waals surface area contributed by atoms with E-state index in [0.717, 1.165) is 16.9 Å². The van der Waals surface area contributed by atoms with Crippen LogP contribution in [0.15, 0.2) is 48.5 Å². The number of anilines is 1. The number of hydrogen-bond acceptors (Lipinski definition) is 11. The molecule has 0 spiro atoms. The van der Waals surface area contributed by atoms with E-state index in [0.29, 0.717) is 11.3 Å². The lowest BCUT2D eigenvalue weighted by Crippen LogP contribution is -2.40. The first-order valence-electron chi connectivity index (χ1n) is 12.7. The molecular formula is C28H26N4O10. The molecule has 2 saturated carbocycles. The molecule has 4 fully saturated rings. The molecule has 0 aromatic heterocycles. The molecule has 2 aromatic rings. The number of nitro benzene ring substituents is 1. The number of nitrogens with zero attached hydrogens (tertiary/aromatic N) is 3. The number of rotatable bonds is 5. The zero-order valence-corrected chi connectivity index (χ0v) is 22.9. The van der Waals surface area contributed by atoms with E-state index in [9.17, 15) is 38.9 Å². The molecule has 2 N–H and O–H groups in total. The van der Waals surface area contributed by atoms with E-state index in [1.54, 1.807) is 24.3 Å². The van der Waals surface area contributed by atoms with Crippen molar-refractivity contribution in [3.63, 3.8) is 0 Å². The van der Waals surface area contributed by atoms with Gasteiger partial charge in [-0.25, -0.2) is 0 Å². The minimum Gasteiger partial charge on any atom is -0.468 e. The van der Waals surface area contributed by atoms with Crippen LogP contribution in [0.25, 0.3) is 0 Å². The van der Waals surface area contributed by atoms with Crippen LogP contribution in [0.4, 0.5) is 11.4 Å². The second-order valence-corrected chi connectivity index (χ2v) is 10.5. The first-order valence-corrected chi connectivity index (χ1v) is 12.7. The lowest BCUT2D eigenvalue weighted by atomic mass is 9.89. The largest absolute Gasteiger partial charge is 0.468 e. The topological polar surface area (TPSA) is 197 Å². The Morgan fingerprint density at radius 1 is 0.762 bits per heavy atom. The average Bonchev–Trinajstić information content (AvgIpc) is 3.84. The summed E-state index contributed by atoms with van der Waals surface area (Å²) in [6.07, 6.45) is 0. The quantitative estimate of drug-likeness (QED) is 0.167. The summed E-state index contributed by atoms with van der Waals surface area (Å²) in [4.78, 5) is 85.4. The van der Waals surface area contributed by atoms with Crippen LogP contribution in [-0.4, -0.2) is 78.6 Å². The number of carbonyl (C=O) groups is 6. The van der Waals surface area contributed by atoms with E-state index in [-0.39, 0.29) is 23.1 Å². The Kier molecular flexibility index (Phi) is 6.40. The van der Waals surface area contributed by atoms with Crippen molar-refractivity contribution in [1.82, 2.24) is 9.80 Å². The number of hydrogen-bond donors (Lipinski definition) is 1. The van der Waals surface area contributed by atoms with Gasteiger partial charge in [-0.3, -0.25) is 48.7 Å². The van der Waals surface area contributed by atoms with Gasteiger partial charge in [0.05, 0.1) is 42.8 Å². The number of likely N-dealkylation sites (tertiary alicyclic amines) is 2. The van der Waals surface area contributed by atoms with Gasteiger partial charge in [-0.2, -0.15) is 0 Å². The smallest absolute Gasteiger partial charge is 0.317 e. The Labute approximate surface area is 238 Å². The van der Waals surface area contributed by atoms with Gasteiger partial charge in [0.2, 0.25) is 23.6 Å².